The molecule has 1 aliphatic rings. The lowest BCUT2D eigenvalue weighted by Gasteiger charge is -2.22. The maximum absolute atomic E-state index is 12.7. The van der Waals surface area contributed by atoms with E-state index in [2.05, 4.69) is 29.8 Å². The third-order valence-corrected chi connectivity index (χ3v) is 7.39. The molecule has 0 atom stereocenters. The highest BCUT2D eigenvalue weighted by Crippen LogP contribution is 2.33. The van der Waals surface area contributed by atoms with Crippen molar-refractivity contribution < 1.29 is 8.42 Å². The molecule has 20 heavy (non-hydrogen) atoms. The highest BCUT2D eigenvalue weighted by molar-refractivity contribution is 9.10. The number of halogens is 1. The van der Waals surface area contributed by atoms with Gasteiger partial charge in [0.2, 0.25) is 10.0 Å². The van der Waals surface area contributed by atoms with Crippen LogP contribution in [0.3, 0.4) is 0 Å². The fourth-order valence-corrected chi connectivity index (χ4v) is 5.01. The number of nitrogen functional groups attached to an aromatic ring is 1. The van der Waals surface area contributed by atoms with Crippen LogP contribution >= 0.6 is 27.7 Å². The molecular formula is C13H19BrN2O2S2. The molecule has 1 fully saturated rings. The van der Waals surface area contributed by atoms with Crippen LogP contribution in [0.15, 0.2) is 27.6 Å². The number of benzene rings is 1. The first kappa shape index (κ1) is 16.1. The van der Waals surface area contributed by atoms with Gasteiger partial charge in [0.05, 0.1) is 4.90 Å². The minimum Gasteiger partial charge on any atom is -0.398 e. The molecule has 0 aromatic heterocycles. The van der Waals surface area contributed by atoms with Crippen LogP contribution in [0.2, 0.25) is 0 Å². The SMILES string of the molecule is CC1(C)CCN(S(=O)(=O)c2ccc(Br)c(N)c2)CCS1. The Kier molecular flexibility index (Phi) is 4.73. The smallest absolute Gasteiger partial charge is 0.243 e. The summed E-state index contributed by atoms with van der Waals surface area (Å²) in [6.07, 6.45) is 0.850. The molecule has 1 heterocycles. The van der Waals surface area contributed by atoms with Gasteiger partial charge >= 0.3 is 0 Å². The number of hydrogen-bond acceptors (Lipinski definition) is 4. The lowest BCUT2D eigenvalue weighted by atomic mass is 10.1. The van der Waals surface area contributed by atoms with Crippen LogP contribution in [-0.4, -0.2) is 36.3 Å². The van der Waals surface area contributed by atoms with Crippen molar-refractivity contribution in [3.63, 3.8) is 0 Å². The number of rotatable bonds is 2. The average Bonchev–Trinajstić information content (AvgIpc) is 2.54. The van der Waals surface area contributed by atoms with Crippen molar-refractivity contribution >= 4 is 43.4 Å². The van der Waals surface area contributed by atoms with Gasteiger partial charge in [-0.15, -0.1) is 0 Å². The van der Waals surface area contributed by atoms with E-state index in [9.17, 15) is 8.42 Å². The van der Waals surface area contributed by atoms with Crippen LogP contribution < -0.4 is 5.73 Å². The minimum atomic E-state index is -3.46. The molecule has 0 bridgehead atoms. The van der Waals surface area contributed by atoms with E-state index < -0.39 is 10.0 Å². The molecule has 7 heteroatoms. The maximum Gasteiger partial charge on any atom is 0.243 e. The van der Waals surface area contributed by atoms with E-state index in [4.69, 9.17) is 5.73 Å². The van der Waals surface area contributed by atoms with Crippen molar-refractivity contribution in [2.75, 3.05) is 24.6 Å². The van der Waals surface area contributed by atoms with E-state index in [-0.39, 0.29) is 9.64 Å². The highest BCUT2D eigenvalue weighted by Gasteiger charge is 2.30. The Balaban J connectivity index is 2.28. The fourth-order valence-electron chi connectivity index (χ4n) is 2.07. The zero-order valence-corrected chi connectivity index (χ0v) is 14.8. The summed E-state index contributed by atoms with van der Waals surface area (Å²) < 4.78 is 27.7. The lowest BCUT2D eigenvalue weighted by Crippen LogP contribution is -2.33. The van der Waals surface area contributed by atoms with Crippen molar-refractivity contribution in [3.8, 4) is 0 Å². The van der Waals surface area contributed by atoms with Gasteiger partial charge in [0.25, 0.3) is 0 Å². The van der Waals surface area contributed by atoms with Gasteiger partial charge in [-0.25, -0.2) is 8.42 Å². The molecular weight excluding hydrogens is 360 g/mol. The van der Waals surface area contributed by atoms with Gasteiger partial charge in [0.1, 0.15) is 0 Å². The van der Waals surface area contributed by atoms with Crippen molar-refractivity contribution in [2.45, 2.75) is 29.9 Å². The van der Waals surface area contributed by atoms with Crippen molar-refractivity contribution in [3.05, 3.63) is 22.7 Å². The Bertz CT molecular complexity index is 602. The number of thioether (sulfide) groups is 1. The van der Waals surface area contributed by atoms with E-state index >= 15 is 0 Å². The van der Waals surface area contributed by atoms with E-state index in [1.807, 2.05) is 11.8 Å². The van der Waals surface area contributed by atoms with Crippen LogP contribution in [0, 0.1) is 0 Å². The van der Waals surface area contributed by atoms with Crippen LogP contribution in [0.25, 0.3) is 0 Å². The molecule has 1 saturated heterocycles. The first-order valence-electron chi connectivity index (χ1n) is 6.41. The molecule has 0 spiro atoms. The molecule has 0 unspecified atom stereocenters. The second kappa shape index (κ2) is 5.87. The zero-order valence-electron chi connectivity index (χ0n) is 11.6. The summed E-state index contributed by atoms with van der Waals surface area (Å²) >= 11 is 5.11. The fraction of sp³-hybridized carbons (Fsp3) is 0.538. The van der Waals surface area contributed by atoms with E-state index in [1.54, 1.807) is 16.4 Å². The first-order valence-corrected chi connectivity index (χ1v) is 9.63. The Labute approximate surface area is 133 Å². The monoisotopic (exact) mass is 378 g/mol. The van der Waals surface area contributed by atoms with Gasteiger partial charge in [-0.1, -0.05) is 13.8 Å². The van der Waals surface area contributed by atoms with Gasteiger partial charge in [0.15, 0.2) is 0 Å². The summed E-state index contributed by atoms with van der Waals surface area (Å²) in [6, 6.07) is 4.79. The zero-order chi connectivity index (χ0) is 15.0. The molecule has 1 aromatic carbocycles. The molecule has 4 nitrogen and oxygen atoms in total. The van der Waals surface area contributed by atoms with Gasteiger partial charge in [-0.3, -0.25) is 0 Å². The molecule has 1 aliphatic heterocycles. The number of anilines is 1. The van der Waals surface area contributed by atoms with Crippen LogP contribution in [0.1, 0.15) is 20.3 Å². The molecule has 0 aliphatic carbocycles. The Hall–Kier alpha value is -0.240. The number of nitrogens with two attached hydrogens (primary N) is 1. The van der Waals surface area contributed by atoms with Gasteiger partial charge in [-0.2, -0.15) is 16.1 Å². The first-order chi connectivity index (χ1) is 9.22. The van der Waals surface area contributed by atoms with Crippen molar-refractivity contribution in [1.29, 1.82) is 0 Å². The topological polar surface area (TPSA) is 63.4 Å². The summed E-state index contributed by atoms with van der Waals surface area (Å²) in [4.78, 5) is 0.267. The molecule has 0 saturated carbocycles. The Morgan fingerprint density at radius 1 is 1.35 bits per heavy atom. The molecule has 0 radical (unpaired) electrons. The Morgan fingerprint density at radius 3 is 2.70 bits per heavy atom. The molecule has 0 amide bonds. The predicted octanol–water partition coefficient (Wildman–Crippen LogP) is 2.94. The third kappa shape index (κ3) is 3.50. The number of sulfonamides is 1. The predicted molar refractivity (Wildman–Crippen MR) is 88.5 cm³/mol. The molecule has 2 N–H and O–H groups in total. The summed E-state index contributed by atoms with van der Waals surface area (Å²) in [5.41, 5.74) is 6.23. The number of nitrogens with zero attached hydrogens (tertiary/aromatic N) is 1. The second-order valence-electron chi connectivity index (χ2n) is 5.45. The second-order valence-corrected chi connectivity index (χ2v) is 10.0. The number of hydrogen-bond donors (Lipinski definition) is 1. The minimum absolute atomic E-state index is 0.128. The van der Waals surface area contributed by atoms with Gasteiger partial charge in [0, 0.05) is 33.7 Å². The van der Waals surface area contributed by atoms with Crippen molar-refractivity contribution in [1.82, 2.24) is 4.31 Å². The molecule has 1 aromatic rings. The normalized spacial score (nSPS) is 20.6. The maximum atomic E-state index is 12.7. The third-order valence-electron chi connectivity index (χ3n) is 3.40. The quantitative estimate of drug-likeness (QED) is 0.803. The summed E-state index contributed by atoms with van der Waals surface area (Å²) in [5.74, 6) is 0.818. The van der Waals surface area contributed by atoms with Gasteiger partial charge < -0.3 is 5.73 Å². The average molecular weight is 379 g/mol. The molecule has 2 rings (SSSR count). The summed E-state index contributed by atoms with van der Waals surface area (Å²) in [7, 11) is -3.46. The Morgan fingerprint density at radius 2 is 2.05 bits per heavy atom. The van der Waals surface area contributed by atoms with Crippen LogP contribution in [0.4, 0.5) is 5.69 Å². The van der Waals surface area contributed by atoms with Crippen molar-refractivity contribution in [2.24, 2.45) is 0 Å². The van der Waals surface area contributed by atoms with Gasteiger partial charge in [-0.05, 0) is 40.5 Å². The lowest BCUT2D eigenvalue weighted by molar-refractivity contribution is 0.415. The van der Waals surface area contributed by atoms with E-state index in [1.165, 1.54) is 6.07 Å². The highest BCUT2D eigenvalue weighted by atomic mass is 79.9. The van der Waals surface area contributed by atoms with E-state index in [0.717, 1.165) is 12.2 Å². The summed E-state index contributed by atoms with van der Waals surface area (Å²) in [6.45, 7) is 5.42. The largest absolute Gasteiger partial charge is 0.398 e. The van der Waals surface area contributed by atoms with E-state index in [0.29, 0.717) is 23.2 Å². The van der Waals surface area contributed by atoms with Crippen LogP contribution in [0.5, 0.6) is 0 Å². The standard InChI is InChI=1S/C13H19BrN2O2S2/c1-13(2)5-6-16(7-8-19-13)20(17,18)10-3-4-11(14)12(15)9-10/h3-4,9H,5-8,15H2,1-2H3. The molecule has 112 valence electrons. The summed E-state index contributed by atoms with van der Waals surface area (Å²) in [5, 5.41) is 0. The van der Waals surface area contributed by atoms with Crippen LogP contribution in [-0.2, 0) is 10.0 Å².